The van der Waals surface area contributed by atoms with Crippen LogP contribution in [-0.2, 0) is 9.84 Å². The molecule has 0 saturated heterocycles. The Morgan fingerprint density at radius 3 is 2.72 bits per heavy atom. The average molecular weight is 335 g/mol. The average Bonchev–Trinajstić information content (AvgIpc) is 2.36. The van der Waals surface area contributed by atoms with E-state index >= 15 is 0 Å². The predicted molar refractivity (Wildman–Crippen MR) is 74.0 cm³/mol. The lowest BCUT2D eigenvalue weighted by Crippen LogP contribution is -2.12. The first-order valence-electron chi connectivity index (χ1n) is 5.57. The summed E-state index contributed by atoms with van der Waals surface area (Å²) in [6, 6.07) is 5.16. The summed E-state index contributed by atoms with van der Waals surface area (Å²) in [4.78, 5) is 10.8. The number of ether oxygens (including phenoxy) is 1. The number of halogens is 1. The minimum absolute atomic E-state index is 0.102. The lowest BCUT2D eigenvalue weighted by atomic mass is 10.2. The number of sulfone groups is 1. The third-order valence-electron chi connectivity index (χ3n) is 2.41. The van der Waals surface area contributed by atoms with Gasteiger partial charge < -0.3 is 4.74 Å². The van der Waals surface area contributed by atoms with Crippen LogP contribution >= 0.6 is 15.9 Å². The van der Waals surface area contributed by atoms with Gasteiger partial charge in [-0.2, -0.15) is 0 Å². The number of hydrogen-bond donors (Lipinski definition) is 0. The summed E-state index contributed by atoms with van der Waals surface area (Å²) in [6.45, 7) is 1.89. The molecule has 1 rings (SSSR count). The van der Waals surface area contributed by atoms with Crippen LogP contribution in [-0.4, -0.2) is 32.8 Å². The van der Waals surface area contributed by atoms with Crippen molar-refractivity contribution in [3.8, 4) is 5.75 Å². The number of hydrogen-bond acceptors (Lipinski definition) is 4. The highest BCUT2D eigenvalue weighted by molar-refractivity contribution is 9.10. The zero-order valence-corrected chi connectivity index (χ0v) is 12.5. The van der Waals surface area contributed by atoms with E-state index in [0.717, 1.165) is 0 Å². The van der Waals surface area contributed by atoms with Crippen molar-refractivity contribution in [2.24, 2.45) is 0 Å². The van der Waals surface area contributed by atoms with Gasteiger partial charge in [0.2, 0.25) is 0 Å². The number of benzene rings is 1. The van der Waals surface area contributed by atoms with Crippen LogP contribution in [0.4, 0.5) is 0 Å². The van der Waals surface area contributed by atoms with Crippen LogP contribution in [0.3, 0.4) is 0 Å². The minimum atomic E-state index is -2.96. The normalized spacial score (nSPS) is 11.2. The van der Waals surface area contributed by atoms with Crippen molar-refractivity contribution >= 4 is 32.1 Å². The second-order valence-electron chi connectivity index (χ2n) is 3.71. The molecular weight excluding hydrogens is 320 g/mol. The van der Waals surface area contributed by atoms with Gasteiger partial charge in [0.05, 0.1) is 22.4 Å². The van der Waals surface area contributed by atoms with Gasteiger partial charge in [0.1, 0.15) is 15.6 Å². The Kier molecular flexibility index (Phi) is 5.81. The molecule has 1 aromatic carbocycles. The molecule has 4 nitrogen and oxygen atoms in total. The smallest absolute Gasteiger partial charge is 0.153 e. The summed E-state index contributed by atoms with van der Waals surface area (Å²) in [5.74, 6) is 0.702. The standard InChI is InChI=1S/C12H15BrO4S/c1-2-18(15,16)8-4-7-17-12-10(9-14)5-3-6-11(12)13/h3,5-6,9H,2,4,7-8H2,1H3. The fraction of sp³-hybridized carbons (Fsp3) is 0.417. The zero-order valence-electron chi connectivity index (χ0n) is 10.1. The van der Waals surface area contributed by atoms with Crippen molar-refractivity contribution < 1.29 is 17.9 Å². The Morgan fingerprint density at radius 2 is 2.11 bits per heavy atom. The van der Waals surface area contributed by atoms with Crippen LogP contribution in [0.2, 0.25) is 0 Å². The SMILES string of the molecule is CCS(=O)(=O)CCCOc1c(Br)cccc1C=O. The van der Waals surface area contributed by atoms with Gasteiger partial charge in [-0.25, -0.2) is 8.42 Å². The van der Waals surface area contributed by atoms with E-state index in [1.54, 1.807) is 25.1 Å². The zero-order chi connectivity index (χ0) is 13.6. The molecule has 0 radical (unpaired) electrons. The first-order valence-corrected chi connectivity index (χ1v) is 8.18. The van der Waals surface area contributed by atoms with Gasteiger partial charge in [0.15, 0.2) is 6.29 Å². The topological polar surface area (TPSA) is 60.4 Å². The van der Waals surface area contributed by atoms with Crippen molar-refractivity contribution in [1.82, 2.24) is 0 Å². The van der Waals surface area contributed by atoms with E-state index in [1.165, 1.54) is 0 Å². The molecule has 0 fully saturated rings. The summed E-state index contributed by atoms with van der Waals surface area (Å²) in [6.07, 6.45) is 1.12. The van der Waals surface area contributed by atoms with E-state index in [9.17, 15) is 13.2 Å². The molecule has 100 valence electrons. The molecule has 1 aromatic rings. The molecule has 0 atom stereocenters. The Morgan fingerprint density at radius 1 is 1.39 bits per heavy atom. The van der Waals surface area contributed by atoms with E-state index in [1.807, 2.05) is 0 Å². The maximum atomic E-state index is 11.3. The molecule has 18 heavy (non-hydrogen) atoms. The monoisotopic (exact) mass is 334 g/mol. The Bertz CT molecular complexity index is 511. The van der Waals surface area contributed by atoms with Crippen molar-refractivity contribution in [2.45, 2.75) is 13.3 Å². The third-order valence-corrected chi connectivity index (χ3v) is 4.83. The molecule has 0 bridgehead atoms. The second kappa shape index (κ2) is 6.89. The molecule has 6 heteroatoms. The summed E-state index contributed by atoms with van der Waals surface area (Å²) in [5, 5.41) is 0. The maximum Gasteiger partial charge on any atom is 0.153 e. The van der Waals surface area contributed by atoms with Crippen molar-refractivity contribution in [2.75, 3.05) is 18.1 Å². The van der Waals surface area contributed by atoms with E-state index in [-0.39, 0.29) is 18.1 Å². The summed E-state index contributed by atoms with van der Waals surface area (Å²) < 4.78 is 28.7. The summed E-state index contributed by atoms with van der Waals surface area (Å²) in [5.41, 5.74) is 0.447. The fourth-order valence-corrected chi connectivity index (χ4v) is 2.71. The number of rotatable bonds is 7. The van der Waals surface area contributed by atoms with Crippen LogP contribution in [0.5, 0.6) is 5.75 Å². The summed E-state index contributed by atoms with van der Waals surface area (Å²) in [7, 11) is -2.96. The Labute approximate surface area is 115 Å². The van der Waals surface area contributed by atoms with E-state index in [2.05, 4.69) is 15.9 Å². The summed E-state index contributed by atoms with van der Waals surface area (Å²) >= 11 is 3.29. The predicted octanol–water partition coefficient (Wildman–Crippen LogP) is 2.47. The van der Waals surface area contributed by atoms with E-state index in [4.69, 9.17) is 4.74 Å². The molecule has 0 amide bonds. The van der Waals surface area contributed by atoms with Crippen molar-refractivity contribution in [3.63, 3.8) is 0 Å². The van der Waals surface area contributed by atoms with E-state index < -0.39 is 9.84 Å². The minimum Gasteiger partial charge on any atom is -0.492 e. The van der Waals surface area contributed by atoms with Crippen molar-refractivity contribution in [3.05, 3.63) is 28.2 Å². The molecule has 0 spiro atoms. The molecule has 0 aliphatic rings. The van der Waals surface area contributed by atoms with Crippen LogP contribution in [0.25, 0.3) is 0 Å². The second-order valence-corrected chi connectivity index (χ2v) is 7.04. The van der Waals surface area contributed by atoms with Gasteiger partial charge in [-0.3, -0.25) is 4.79 Å². The first-order chi connectivity index (χ1) is 8.50. The van der Waals surface area contributed by atoms with Crippen LogP contribution in [0, 0.1) is 0 Å². The molecular formula is C12H15BrO4S. The highest BCUT2D eigenvalue weighted by Crippen LogP contribution is 2.28. The highest BCUT2D eigenvalue weighted by Gasteiger charge is 2.09. The lowest BCUT2D eigenvalue weighted by molar-refractivity contribution is 0.111. The Balaban J connectivity index is 2.57. The Hall–Kier alpha value is -0.880. The number of aldehydes is 1. The van der Waals surface area contributed by atoms with Gasteiger partial charge in [0.25, 0.3) is 0 Å². The molecule has 0 unspecified atom stereocenters. The van der Waals surface area contributed by atoms with Crippen LogP contribution in [0.1, 0.15) is 23.7 Å². The van der Waals surface area contributed by atoms with E-state index in [0.29, 0.717) is 28.5 Å². The van der Waals surface area contributed by atoms with Gasteiger partial charge in [-0.05, 0) is 34.5 Å². The first kappa shape index (κ1) is 15.2. The van der Waals surface area contributed by atoms with Crippen LogP contribution in [0.15, 0.2) is 22.7 Å². The molecule has 0 heterocycles. The molecule has 0 aromatic heterocycles. The number of carbonyl (C=O) groups excluding carboxylic acids is 1. The van der Waals surface area contributed by atoms with Crippen LogP contribution < -0.4 is 4.74 Å². The highest BCUT2D eigenvalue weighted by atomic mass is 79.9. The van der Waals surface area contributed by atoms with Gasteiger partial charge in [-0.15, -0.1) is 0 Å². The van der Waals surface area contributed by atoms with Gasteiger partial charge in [-0.1, -0.05) is 13.0 Å². The molecule has 0 saturated carbocycles. The number of carbonyl (C=O) groups is 1. The lowest BCUT2D eigenvalue weighted by Gasteiger charge is -2.10. The molecule has 0 N–H and O–H groups in total. The quantitative estimate of drug-likeness (QED) is 0.567. The third kappa shape index (κ3) is 4.42. The van der Waals surface area contributed by atoms with Gasteiger partial charge >= 0.3 is 0 Å². The van der Waals surface area contributed by atoms with Crippen molar-refractivity contribution in [1.29, 1.82) is 0 Å². The number of para-hydroxylation sites is 1. The fourth-order valence-electron chi connectivity index (χ4n) is 1.37. The maximum absolute atomic E-state index is 11.3. The molecule has 0 aliphatic carbocycles. The largest absolute Gasteiger partial charge is 0.492 e. The molecule has 0 aliphatic heterocycles. The van der Waals surface area contributed by atoms with Gasteiger partial charge in [0, 0.05) is 5.75 Å².